The maximum absolute atomic E-state index is 11.6. The normalized spacial score (nSPS) is 20.2. The number of carboxylic acids is 1. The van der Waals surface area contributed by atoms with Crippen molar-refractivity contribution in [3.05, 3.63) is 56.2 Å². The lowest BCUT2D eigenvalue weighted by Crippen LogP contribution is -2.39. The van der Waals surface area contributed by atoms with Gasteiger partial charge in [0.25, 0.3) is 0 Å². The Morgan fingerprint density at radius 3 is 2.91 bits per heavy atom. The number of nitrogens with zero attached hydrogens (tertiary/aromatic N) is 1. The Hall–Kier alpha value is -1.17. The Labute approximate surface area is 142 Å². The quantitative estimate of drug-likeness (QED) is 0.852. The standard InChI is InChI=1S/C17H18BrNO2S/c1-11-8-15(22-10-11)16(12-4-2-5-13(18)9-12)19-7-3-6-14(19)17(20)21/h2,4-5,8-10,14,16H,3,6-7H2,1H3,(H,20,21). The molecular weight excluding hydrogens is 362 g/mol. The molecule has 0 bridgehead atoms. The Bertz CT molecular complexity index is 685. The molecule has 0 saturated carbocycles. The molecule has 0 aliphatic carbocycles. The first-order chi connectivity index (χ1) is 10.6. The molecule has 2 heterocycles. The number of rotatable bonds is 4. The zero-order valence-corrected chi connectivity index (χ0v) is 14.7. The maximum Gasteiger partial charge on any atom is 0.320 e. The average molecular weight is 380 g/mol. The van der Waals surface area contributed by atoms with E-state index in [1.54, 1.807) is 11.3 Å². The smallest absolute Gasteiger partial charge is 0.320 e. The molecule has 1 N–H and O–H groups in total. The van der Waals surface area contributed by atoms with Crippen molar-refractivity contribution in [2.24, 2.45) is 0 Å². The van der Waals surface area contributed by atoms with Crippen LogP contribution < -0.4 is 0 Å². The number of thiophene rings is 1. The number of halogens is 1. The van der Waals surface area contributed by atoms with Gasteiger partial charge in [0.1, 0.15) is 6.04 Å². The number of hydrogen-bond donors (Lipinski definition) is 1. The second-order valence-corrected chi connectivity index (χ2v) is 7.58. The predicted octanol–water partition coefficient (Wildman–Crippen LogP) is 4.46. The molecular formula is C17H18BrNO2S. The fourth-order valence-electron chi connectivity index (χ4n) is 3.16. The van der Waals surface area contributed by atoms with Crippen LogP contribution in [0, 0.1) is 6.92 Å². The van der Waals surface area contributed by atoms with Crippen LogP contribution in [0.25, 0.3) is 0 Å². The van der Waals surface area contributed by atoms with Gasteiger partial charge >= 0.3 is 5.97 Å². The molecule has 3 nitrogen and oxygen atoms in total. The van der Waals surface area contributed by atoms with E-state index in [0.29, 0.717) is 0 Å². The molecule has 116 valence electrons. The molecule has 1 aliphatic heterocycles. The van der Waals surface area contributed by atoms with Gasteiger partial charge in [-0.3, -0.25) is 9.69 Å². The van der Waals surface area contributed by atoms with Crippen LogP contribution in [0.4, 0.5) is 0 Å². The van der Waals surface area contributed by atoms with E-state index in [2.05, 4.69) is 51.3 Å². The van der Waals surface area contributed by atoms with Gasteiger partial charge in [0.05, 0.1) is 6.04 Å². The van der Waals surface area contributed by atoms with E-state index in [-0.39, 0.29) is 6.04 Å². The number of aliphatic carboxylic acids is 1. The van der Waals surface area contributed by atoms with Crippen LogP contribution in [0.1, 0.15) is 34.9 Å². The molecule has 1 aliphatic rings. The molecule has 22 heavy (non-hydrogen) atoms. The Morgan fingerprint density at radius 2 is 2.27 bits per heavy atom. The van der Waals surface area contributed by atoms with Crippen molar-refractivity contribution in [2.45, 2.75) is 31.8 Å². The minimum atomic E-state index is -0.717. The molecule has 2 unspecified atom stereocenters. The summed E-state index contributed by atoms with van der Waals surface area (Å²) < 4.78 is 1.02. The summed E-state index contributed by atoms with van der Waals surface area (Å²) in [4.78, 5) is 14.9. The van der Waals surface area contributed by atoms with Gasteiger partial charge in [0.15, 0.2) is 0 Å². The summed E-state index contributed by atoms with van der Waals surface area (Å²) in [6.07, 6.45) is 1.66. The van der Waals surface area contributed by atoms with Crippen LogP contribution in [-0.4, -0.2) is 28.6 Å². The van der Waals surface area contributed by atoms with Crippen molar-refractivity contribution in [1.82, 2.24) is 4.90 Å². The van der Waals surface area contributed by atoms with Gasteiger partial charge in [-0.05, 0) is 54.5 Å². The summed E-state index contributed by atoms with van der Waals surface area (Å²) in [6.45, 7) is 2.90. The molecule has 2 atom stereocenters. The van der Waals surface area contributed by atoms with Crippen LogP contribution in [0.5, 0.6) is 0 Å². The average Bonchev–Trinajstić information content (AvgIpc) is 3.09. The summed E-state index contributed by atoms with van der Waals surface area (Å²) in [7, 11) is 0. The van der Waals surface area contributed by atoms with Crippen LogP contribution in [-0.2, 0) is 4.79 Å². The van der Waals surface area contributed by atoms with Crippen LogP contribution in [0.2, 0.25) is 0 Å². The highest BCUT2D eigenvalue weighted by atomic mass is 79.9. The van der Waals surface area contributed by atoms with Crippen molar-refractivity contribution in [3.63, 3.8) is 0 Å². The van der Waals surface area contributed by atoms with Crippen molar-refractivity contribution in [2.75, 3.05) is 6.54 Å². The third-order valence-corrected chi connectivity index (χ3v) is 5.69. The van der Waals surface area contributed by atoms with Gasteiger partial charge in [-0.2, -0.15) is 0 Å². The van der Waals surface area contributed by atoms with Gasteiger partial charge in [-0.25, -0.2) is 0 Å². The van der Waals surface area contributed by atoms with Gasteiger partial charge in [-0.15, -0.1) is 11.3 Å². The lowest BCUT2D eigenvalue weighted by Gasteiger charge is -2.31. The summed E-state index contributed by atoms with van der Waals surface area (Å²) in [6, 6.07) is 9.98. The third-order valence-electron chi connectivity index (χ3n) is 4.10. The minimum Gasteiger partial charge on any atom is -0.480 e. The SMILES string of the molecule is Cc1csc(C(c2cccc(Br)c2)N2CCCC2C(=O)O)c1. The maximum atomic E-state index is 11.6. The van der Waals surface area contributed by atoms with E-state index in [0.717, 1.165) is 29.4 Å². The monoisotopic (exact) mass is 379 g/mol. The Kier molecular flexibility index (Phi) is 4.66. The van der Waals surface area contributed by atoms with Crippen molar-refractivity contribution in [3.8, 4) is 0 Å². The second kappa shape index (κ2) is 6.52. The second-order valence-electron chi connectivity index (χ2n) is 5.72. The molecule has 3 rings (SSSR count). The first-order valence-electron chi connectivity index (χ1n) is 7.35. The highest BCUT2D eigenvalue weighted by Crippen LogP contribution is 2.38. The van der Waals surface area contributed by atoms with Crippen molar-refractivity contribution < 1.29 is 9.90 Å². The zero-order chi connectivity index (χ0) is 15.7. The Balaban J connectivity index is 2.05. The number of carboxylic acid groups (broad SMARTS) is 1. The largest absolute Gasteiger partial charge is 0.480 e. The predicted molar refractivity (Wildman–Crippen MR) is 92.4 cm³/mol. The van der Waals surface area contributed by atoms with E-state index >= 15 is 0 Å². The molecule has 0 spiro atoms. The summed E-state index contributed by atoms with van der Waals surface area (Å²) in [5.74, 6) is -0.717. The van der Waals surface area contributed by atoms with E-state index in [4.69, 9.17) is 0 Å². The summed E-state index contributed by atoms with van der Waals surface area (Å²) in [5, 5.41) is 11.7. The molecule has 1 fully saturated rings. The lowest BCUT2D eigenvalue weighted by molar-refractivity contribution is -0.142. The molecule has 1 aromatic carbocycles. The fraction of sp³-hybridized carbons (Fsp3) is 0.353. The third kappa shape index (κ3) is 3.12. The van der Waals surface area contributed by atoms with Gasteiger partial charge < -0.3 is 5.11 Å². The highest BCUT2D eigenvalue weighted by molar-refractivity contribution is 9.10. The van der Waals surface area contributed by atoms with Crippen molar-refractivity contribution >= 4 is 33.2 Å². The number of carbonyl (C=O) groups is 1. The van der Waals surface area contributed by atoms with Gasteiger partial charge in [0, 0.05) is 15.9 Å². The van der Waals surface area contributed by atoms with Gasteiger partial charge in [-0.1, -0.05) is 28.1 Å². The zero-order valence-electron chi connectivity index (χ0n) is 12.3. The summed E-state index contributed by atoms with van der Waals surface area (Å²) in [5.41, 5.74) is 2.37. The molecule has 5 heteroatoms. The molecule has 2 aromatic rings. The Morgan fingerprint density at radius 1 is 1.45 bits per heavy atom. The highest BCUT2D eigenvalue weighted by Gasteiger charge is 2.37. The van der Waals surface area contributed by atoms with Gasteiger partial charge in [0.2, 0.25) is 0 Å². The van der Waals surface area contributed by atoms with E-state index in [9.17, 15) is 9.90 Å². The van der Waals surface area contributed by atoms with Crippen molar-refractivity contribution in [1.29, 1.82) is 0 Å². The topological polar surface area (TPSA) is 40.5 Å². The first kappa shape index (κ1) is 15.7. The van der Waals surface area contributed by atoms with Crippen LogP contribution in [0.3, 0.4) is 0 Å². The summed E-state index contributed by atoms with van der Waals surface area (Å²) >= 11 is 5.24. The number of likely N-dealkylation sites (tertiary alicyclic amines) is 1. The number of benzene rings is 1. The van der Waals surface area contributed by atoms with E-state index in [1.807, 2.05) is 12.1 Å². The molecule has 0 amide bonds. The fourth-order valence-corrected chi connectivity index (χ4v) is 4.62. The molecule has 0 radical (unpaired) electrons. The van der Waals surface area contributed by atoms with E-state index < -0.39 is 12.0 Å². The van der Waals surface area contributed by atoms with Crippen LogP contribution >= 0.6 is 27.3 Å². The molecule has 1 aromatic heterocycles. The number of hydrogen-bond acceptors (Lipinski definition) is 3. The van der Waals surface area contributed by atoms with E-state index in [1.165, 1.54) is 10.4 Å². The molecule has 1 saturated heterocycles. The lowest BCUT2D eigenvalue weighted by atomic mass is 10.0. The first-order valence-corrected chi connectivity index (χ1v) is 9.02. The minimum absolute atomic E-state index is 0.0137. The van der Waals surface area contributed by atoms with Crippen LogP contribution in [0.15, 0.2) is 40.2 Å². The number of aryl methyl sites for hydroxylation is 1.